The quantitative estimate of drug-likeness (QED) is 0.255. The molecule has 0 fully saturated rings. The molecule has 0 aliphatic heterocycles. The van der Waals surface area contributed by atoms with Gasteiger partial charge in [-0.3, -0.25) is 4.79 Å². The average molecular weight is 143 g/mol. The van der Waals surface area contributed by atoms with Crippen molar-refractivity contribution in [1.29, 1.82) is 0 Å². The maximum Gasteiger partial charge on any atom is 0.424 e. The van der Waals surface area contributed by atoms with E-state index in [-0.39, 0.29) is 18.7 Å². The second kappa shape index (κ2) is 5.74. The summed E-state index contributed by atoms with van der Waals surface area (Å²) >= 11 is 0. The van der Waals surface area contributed by atoms with E-state index in [9.17, 15) is 9.59 Å². The van der Waals surface area contributed by atoms with Crippen LogP contribution in [0.4, 0.5) is 0 Å². The van der Waals surface area contributed by atoms with Crippen LogP contribution in [0.5, 0.6) is 0 Å². The summed E-state index contributed by atoms with van der Waals surface area (Å²) in [7, 11) is 0. The van der Waals surface area contributed by atoms with E-state index in [1.807, 2.05) is 0 Å². The van der Waals surface area contributed by atoms with Crippen LogP contribution < -0.4 is 0 Å². The molecule has 0 atom stereocenters. The van der Waals surface area contributed by atoms with Gasteiger partial charge in [-0.15, -0.1) is 0 Å². The molecule has 1 N–H and O–H groups in total. The second-order valence-corrected chi connectivity index (χ2v) is 1.32. The lowest BCUT2D eigenvalue weighted by Crippen LogP contribution is -2.03. The first-order valence-corrected chi connectivity index (χ1v) is 2.45. The van der Waals surface area contributed by atoms with Crippen LogP contribution in [0.3, 0.4) is 0 Å². The third kappa shape index (κ3) is 3.59. The summed E-state index contributed by atoms with van der Waals surface area (Å²) in [6, 6.07) is 0. The lowest BCUT2D eigenvalue weighted by atomic mass is 10.3. The normalized spacial score (nSPS) is 10.6. The van der Waals surface area contributed by atoms with Crippen LogP contribution in [-0.2, 0) is 14.3 Å². The van der Waals surface area contributed by atoms with Gasteiger partial charge in [-0.25, -0.2) is 4.79 Å². The molecular formula is C5H5NO4. The van der Waals surface area contributed by atoms with E-state index in [1.54, 1.807) is 0 Å². The van der Waals surface area contributed by atoms with Gasteiger partial charge in [-0.1, -0.05) is 5.16 Å². The third-order valence-corrected chi connectivity index (χ3v) is 0.712. The van der Waals surface area contributed by atoms with Gasteiger partial charge in [0.05, 0.1) is 0 Å². The molecule has 0 aromatic carbocycles. The maximum atomic E-state index is 9.61. The van der Waals surface area contributed by atoms with Gasteiger partial charge >= 0.3 is 6.47 Å². The highest BCUT2D eigenvalue weighted by atomic mass is 16.6. The van der Waals surface area contributed by atoms with Gasteiger partial charge in [-0.05, 0) is 0 Å². The van der Waals surface area contributed by atoms with Crippen molar-refractivity contribution >= 4 is 18.7 Å². The summed E-state index contributed by atoms with van der Waals surface area (Å²) in [4.78, 5) is 19.1. The van der Waals surface area contributed by atoms with E-state index in [2.05, 4.69) is 9.89 Å². The zero-order valence-corrected chi connectivity index (χ0v) is 5.03. The number of hydrogen-bond donors (Lipinski definition) is 1. The molecule has 0 bridgehead atoms. The Morgan fingerprint density at radius 1 is 1.60 bits per heavy atom. The van der Waals surface area contributed by atoms with Crippen molar-refractivity contribution < 1.29 is 19.5 Å². The molecule has 0 heterocycles. The van der Waals surface area contributed by atoms with Crippen LogP contribution in [-0.4, -0.2) is 23.9 Å². The van der Waals surface area contributed by atoms with Crippen LogP contribution in [0, 0.1) is 0 Å². The van der Waals surface area contributed by atoms with E-state index in [4.69, 9.17) is 5.21 Å². The highest BCUT2D eigenvalue weighted by Gasteiger charge is 1.99. The second-order valence-electron chi connectivity index (χ2n) is 1.32. The largest absolute Gasteiger partial charge is 0.424 e. The van der Waals surface area contributed by atoms with E-state index in [1.165, 1.54) is 6.29 Å². The molecule has 0 spiro atoms. The van der Waals surface area contributed by atoms with Gasteiger partial charge in [0.2, 0.25) is 5.90 Å². The van der Waals surface area contributed by atoms with E-state index >= 15 is 0 Å². The first kappa shape index (κ1) is 8.61. The lowest BCUT2D eigenvalue weighted by Gasteiger charge is -1.93. The Balaban J connectivity index is 3.60. The molecule has 54 valence electrons. The summed E-state index contributed by atoms with van der Waals surface area (Å²) in [6.07, 6.45) is 1.62. The predicted octanol–water partition coefficient (Wildman–Crippen LogP) is -0.252. The summed E-state index contributed by atoms with van der Waals surface area (Å²) in [5.74, 6) is -0.238. The molecule has 0 unspecified atom stereocenters. The summed E-state index contributed by atoms with van der Waals surface area (Å²) in [6.45, 7) is 1.06. The minimum absolute atomic E-state index is 0.0288. The van der Waals surface area contributed by atoms with Crippen molar-refractivity contribution in [3.8, 4) is 0 Å². The Kier molecular flexibility index (Phi) is 4.94. The highest BCUT2D eigenvalue weighted by Crippen LogP contribution is 1.90. The average Bonchev–Trinajstić information content (AvgIpc) is 1.98. The molecular weight excluding hydrogens is 138 g/mol. The number of carbonyl (C=O) groups excluding carboxylic acids is 2. The third-order valence-electron chi connectivity index (χ3n) is 0.712. The fourth-order valence-corrected chi connectivity index (χ4v) is 0.328. The first-order chi connectivity index (χ1) is 4.85. The fourth-order valence-electron chi connectivity index (χ4n) is 0.328. The summed E-state index contributed by atoms with van der Waals surface area (Å²) in [5, 5.41) is 10.6. The maximum absolute atomic E-state index is 9.61. The van der Waals surface area contributed by atoms with Gasteiger partial charge < -0.3 is 9.94 Å². The zero-order valence-electron chi connectivity index (χ0n) is 5.03. The Bertz CT molecular complexity index is 143. The molecule has 0 saturated heterocycles. The zero-order chi connectivity index (χ0) is 7.82. The molecule has 5 heteroatoms. The summed E-state index contributed by atoms with van der Waals surface area (Å²) < 4.78 is 4.01. The van der Waals surface area contributed by atoms with Crippen LogP contribution in [0.2, 0.25) is 0 Å². The van der Waals surface area contributed by atoms with Crippen molar-refractivity contribution in [2.45, 2.75) is 12.8 Å². The van der Waals surface area contributed by atoms with E-state index < -0.39 is 0 Å². The van der Waals surface area contributed by atoms with Gasteiger partial charge in [0.25, 0.3) is 0 Å². The fraction of sp³-hybridized carbons (Fsp3) is 0.400. The van der Waals surface area contributed by atoms with Gasteiger partial charge in [-0.2, -0.15) is 0 Å². The van der Waals surface area contributed by atoms with E-state index in [0.29, 0.717) is 0 Å². The summed E-state index contributed by atoms with van der Waals surface area (Å²) in [5.41, 5.74) is 0. The number of ether oxygens (including phenoxy) is 1. The molecule has 0 saturated carbocycles. The molecule has 0 rings (SSSR count). The molecule has 0 aromatic heterocycles. The van der Waals surface area contributed by atoms with Crippen molar-refractivity contribution in [2.75, 3.05) is 0 Å². The van der Waals surface area contributed by atoms with Gasteiger partial charge in [0.15, 0.2) is 6.29 Å². The van der Waals surface area contributed by atoms with Crippen molar-refractivity contribution in [1.82, 2.24) is 0 Å². The predicted molar refractivity (Wildman–Crippen MR) is 30.9 cm³/mol. The molecule has 0 aliphatic rings. The standard InChI is InChI=1S/C5H5NO4/c7-3-1-2-5(6-9)10-4-8/h9H,1-2H2/b6-5-. The minimum atomic E-state index is -0.238. The Morgan fingerprint density at radius 2 is 2.30 bits per heavy atom. The number of rotatable bonds is 4. The van der Waals surface area contributed by atoms with E-state index in [0.717, 1.165) is 6.47 Å². The molecule has 5 nitrogen and oxygen atoms in total. The Hall–Kier alpha value is -1.39. The topological polar surface area (TPSA) is 76.0 Å². The highest BCUT2D eigenvalue weighted by molar-refractivity contribution is 5.82. The van der Waals surface area contributed by atoms with Crippen LogP contribution in [0.15, 0.2) is 5.16 Å². The number of hydrogen-bond acceptors (Lipinski definition) is 5. The van der Waals surface area contributed by atoms with Crippen LogP contribution in [0.25, 0.3) is 0 Å². The Labute approximate surface area is 57.3 Å². The van der Waals surface area contributed by atoms with Crippen molar-refractivity contribution in [2.24, 2.45) is 5.16 Å². The van der Waals surface area contributed by atoms with Crippen molar-refractivity contribution in [3.05, 3.63) is 0 Å². The smallest absolute Gasteiger partial charge is 0.408 e. The minimum Gasteiger partial charge on any atom is -0.408 e. The lowest BCUT2D eigenvalue weighted by molar-refractivity contribution is 0.296. The van der Waals surface area contributed by atoms with Crippen LogP contribution >= 0.6 is 0 Å². The molecule has 2 radical (unpaired) electrons. The van der Waals surface area contributed by atoms with Gasteiger partial charge in [0, 0.05) is 12.8 Å². The SMILES string of the molecule is O=[C]CC/C(=N/O)O[C]=O. The molecule has 0 aliphatic carbocycles. The number of nitrogens with zero attached hydrogens (tertiary/aromatic N) is 1. The van der Waals surface area contributed by atoms with Gasteiger partial charge in [0.1, 0.15) is 0 Å². The van der Waals surface area contributed by atoms with Crippen LogP contribution in [0.1, 0.15) is 12.8 Å². The Morgan fingerprint density at radius 3 is 2.70 bits per heavy atom. The molecule has 10 heavy (non-hydrogen) atoms. The molecule has 0 amide bonds. The monoisotopic (exact) mass is 143 g/mol. The first-order valence-electron chi connectivity index (χ1n) is 2.45. The van der Waals surface area contributed by atoms with Crippen molar-refractivity contribution in [3.63, 3.8) is 0 Å². The molecule has 0 aromatic rings. The number of oxime groups is 1.